The van der Waals surface area contributed by atoms with Crippen LogP contribution in [0.5, 0.6) is 0 Å². The lowest BCUT2D eigenvalue weighted by Crippen LogP contribution is -2.31. The van der Waals surface area contributed by atoms with E-state index >= 15 is 0 Å². The predicted molar refractivity (Wildman–Crippen MR) is 118 cm³/mol. The van der Waals surface area contributed by atoms with Gasteiger partial charge in [0.2, 0.25) is 0 Å². The second-order valence-electron chi connectivity index (χ2n) is 8.31. The van der Waals surface area contributed by atoms with Crippen LogP contribution in [0.2, 0.25) is 0 Å². The summed E-state index contributed by atoms with van der Waals surface area (Å²) in [5.41, 5.74) is 8.27. The SMILES string of the molecule is Cc1nn(-c2ccccc2)c(C)c1CN1CCc2nc(C3=NCCCC3)ncc2C1. The number of aliphatic imine (C=N–C) groups is 1. The Morgan fingerprint density at radius 2 is 1.90 bits per heavy atom. The molecule has 2 aliphatic rings. The lowest BCUT2D eigenvalue weighted by atomic mass is 10.0. The number of rotatable bonds is 4. The summed E-state index contributed by atoms with van der Waals surface area (Å²) < 4.78 is 2.06. The van der Waals surface area contributed by atoms with Crippen LogP contribution in [0, 0.1) is 13.8 Å². The summed E-state index contributed by atoms with van der Waals surface area (Å²) in [5, 5.41) is 4.81. The fourth-order valence-electron chi connectivity index (χ4n) is 4.48. The van der Waals surface area contributed by atoms with E-state index in [1.54, 1.807) is 0 Å². The highest BCUT2D eigenvalue weighted by Gasteiger charge is 2.22. The highest BCUT2D eigenvalue weighted by atomic mass is 15.3. The van der Waals surface area contributed by atoms with Gasteiger partial charge < -0.3 is 0 Å². The molecule has 1 aromatic carbocycles. The molecule has 0 spiro atoms. The first-order valence-electron chi connectivity index (χ1n) is 10.9. The van der Waals surface area contributed by atoms with Crippen molar-refractivity contribution in [2.24, 2.45) is 4.99 Å². The van der Waals surface area contributed by atoms with Crippen molar-refractivity contribution in [3.63, 3.8) is 0 Å². The predicted octanol–water partition coefficient (Wildman–Crippen LogP) is 3.81. The highest BCUT2D eigenvalue weighted by Crippen LogP contribution is 2.24. The highest BCUT2D eigenvalue weighted by molar-refractivity contribution is 5.97. The van der Waals surface area contributed by atoms with Gasteiger partial charge in [0.15, 0.2) is 5.82 Å². The van der Waals surface area contributed by atoms with Crippen LogP contribution in [0.4, 0.5) is 0 Å². The molecule has 6 heteroatoms. The van der Waals surface area contributed by atoms with E-state index in [1.807, 2.05) is 12.3 Å². The van der Waals surface area contributed by atoms with Crippen molar-refractivity contribution in [3.05, 3.63) is 70.6 Å². The summed E-state index contributed by atoms with van der Waals surface area (Å²) in [6.07, 6.45) is 6.37. The standard InChI is InChI=1S/C24H28N6/c1-17-21(18(2)30(28-17)20-8-4-3-5-9-20)16-29-13-11-22-19(15-29)14-26-24(27-22)23-10-6-7-12-25-23/h3-5,8-9,14H,6-7,10-13,15-16H2,1-2H3. The van der Waals surface area contributed by atoms with E-state index in [1.165, 1.54) is 35.4 Å². The molecule has 0 saturated heterocycles. The minimum atomic E-state index is 0.845. The monoisotopic (exact) mass is 400 g/mol. The van der Waals surface area contributed by atoms with Gasteiger partial charge in [-0.3, -0.25) is 9.89 Å². The maximum atomic E-state index is 4.87. The van der Waals surface area contributed by atoms with Crippen molar-refractivity contribution >= 4 is 5.71 Å². The minimum Gasteiger partial charge on any atom is -0.294 e. The van der Waals surface area contributed by atoms with Gasteiger partial charge in [-0.1, -0.05) is 18.2 Å². The molecular formula is C24H28N6. The first kappa shape index (κ1) is 19.1. The summed E-state index contributed by atoms with van der Waals surface area (Å²) in [4.78, 5) is 16.6. The van der Waals surface area contributed by atoms with E-state index in [-0.39, 0.29) is 0 Å². The van der Waals surface area contributed by atoms with Gasteiger partial charge in [0.25, 0.3) is 0 Å². The van der Waals surface area contributed by atoms with Gasteiger partial charge in [-0.25, -0.2) is 14.6 Å². The van der Waals surface area contributed by atoms with Crippen molar-refractivity contribution < 1.29 is 0 Å². The normalized spacial score (nSPS) is 16.9. The van der Waals surface area contributed by atoms with Gasteiger partial charge in [0, 0.05) is 55.6 Å². The number of hydrogen-bond acceptors (Lipinski definition) is 5. The van der Waals surface area contributed by atoms with Crippen LogP contribution in [-0.2, 0) is 19.5 Å². The first-order chi connectivity index (χ1) is 14.7. The summed E-state index contributed by atoms with van der Waals surface area (Å²) >= 11 is 0. The smallest absolute Gasteiger partial charge is 0.173 e. The molecule has 0 aliphatic carbocycles. The molecular weight excluding hydrogens is 372 g/mol. The maximum Gasteiger partial charge on any atom is 0.173 e. The molecule has 0 atom stereocenters. The second kappa shape index (κ2) is 8.11. The third-order valence-corrected chi connectivity index (χ3v) is 6.22. The summed E-state index contributed by atoms with van der Waals surface area (Å²) in [6, 6.07) is 10.4. The fraction of sp³-hybridized carbons (Fsp3) is 0.417. The Morgan fingerprint density at radius 1 is 1.03 bits per heavy atom. The van der Waals surface area contributed by atoms with Crippen molar-refractivity contribution in [2.75, 3.05) is 13.1 Å². The van der Waals surface area contributed by atoms with E-state index in [2.05, 4.69) is 57.7 Å². The molecule has 5 rings (SSSR count). The topological polar surface area (TPSA) is 59.2 Å². The Bertz CT molecular complexity index is 1080. The number of hydrogen-bond donors (Lipinski definition) is 0. The molecule has 0 saturated carbocycles. The van der Waals surface area contributed by atoms with Crippen molar-refractivity contribution in [1.29, 1.82) is 0 Å². The van der Waals surface area contributed by atoms with Gasteiger partial charge >= 0.3 is 0 Å². The van der Waals surface area contributed by atoms with Crippen molar-refractivity contribution in [2.45, 2.75) is 52.6 Å². The molecule has 2 aliphatic heterocycles. The van der Waals surface area contributed by atoms with E-state index < -0.39 is 0 Å². The molecule has 4 heterocycles. The molecule has 0 N–H and O–H groups in total. The third kappa shape index (κ3) is 3.67. The number of nitrogens with zero attached hydrogens (tertiary/aromatic N) is 6. The third-order valence-electron chi connectivity index (χ3n) is 6.22. The molecule has 2 aromatic heterocycles. The summed E-state index contributed by atoms with van der Waals surface area (Å²) in [5.74, 6) is 0.845. The van der Waals surface area contributed by atoms with Crippen LogP contribution < -0.4 is 0 Å². The van der Waals surface area contributed by atoms with Crippen LogP contribution in [0.1, 0.15) is 53.3 Å². The maximum absolute atomic E-state index is 4.87. The zero-order valence-electron chi connectivity index (χ0n) is 17.8. The molecule has 0 fully saturated rings. The van der Waals surface area contributed by atoms with Gasteiger partial charge in [-0.15, -0.1) is 0 Å². The van der Waals surface area contributed by atoms with Gasteiger partial charge in [0.05, 0.1) is 22.8 Å². The minimum absolute atomic E-state index is 0.845. The second-order valence-corrected chi connectivity index (χ2v) is 8.31. The molecule has 0 bridgehead atoms. The molecule has 0 radical (unpaired) electrons. The molecule has 6 nitrogen and oxygen atoms in total. The van der Waals surface area contributed by atoms with Gasteiger partial charge in [-0.2, -0.15) is 5.10 Å². The zero-order chi connectivity index (χ0) is 20.5. The molecule has 30 heavy (non-hydrogen) atoms. The van der Waals surface area contributed by atoms with Crippen LogP contribution in [0.15, 0.2) is 41.5 Å². The zero-order valence-corrected chi connectivity index (χ0v) is 17.8. The summed E-state index contributed by atoms with van der Waals surface area (Å²) in [6.45, 7) is 7.99. The lowest BCUT2D eigenvalue weighted by molar-refractivity contribution is 0.242. The number of benzene rings is 1. The Kier molecular flexibility index (Phi) is 5.17. The Morgan fingerprint density at radius 3 is 2.70 bits per heavy atom. The largest absolute Gasteiger partial charge is 0.294 e. The molecule has 3 aromatic rings. The Balaban J connectivity index is 1.34. The fourth-order valence-corrected chi connectivity index (χ4v) is 4.48. The van der Waals surface area contributed by atoms with E-state index in [0.29, 0.717) is 0 Å². The van der Waals surface area contributed by atoms with Crippen LogP contribution >= 0.6 is 0 Å². The van der Waals surface area contributed by atoms with E-state index in [9.17, 15) is 0 Å². The van der Waals surface area contributed by atoms with Gasteiger partial charge in [0.1, 0.15) is 0 Å². The number of aryl methyl sites for hydroxylation is 1. The number of aromatic nitrogens is 4. The van der Waals surface area contributed by atoms with E-state index in [4.69, 9.17) is 10.1 Å². The summed E-state index contributed by atoms with van der Waals surface area (Å²) in [7, 11) is 0. The van der Waals surface area contributed by atoms with Gasteiger partial charge in [-0.05, 0) is 45.2 Å². The Labute approximate surface area is 177 Å². The van der Waals surface area contributed by atoms with Crippen molar-refractivity contribution in [3.8, 4) is 5.69 Å². The average Bonchev–Trinajstić information content (AvgIpc) is 3.08. The van der Waals surface area contributed by atoms with Crippen molar-refractivity contribution in [1.82, 2.24) is 24.6 Å². The van der Waals surface area contributed by atoms with Crippen LogP contribution in [-0.4, -0.2) is 43.4 Å². The van der Waals surface area contributed by atoms with E-state index in [0.717, 1.165) is 61.9 Å². The van der Waals surface area contributed by atoms with Crippen LogP contribution in [0.3, 0.4) is 0 Å². The number of para-hydroxylation sites is 1. The molecule has 0 amide bonds. The number of fused-ring (bicyclic) bond motifs is 1. The quantitative estimate of drug-likeness (QED) is 0.668. The average molecular weight is 401 g/mol. The van der Waals surface area contributed by atoms with Crippen LogP contribution in [0.25, 0.3) is 5.69 Å². The first-order valence-corrected chi connectivity index (χ1v) is 10.9. The lowest BCUT2D eigenvalue weighted by Gasteiger charge is -2.28. The molecule has 154 valence electrons. The Hall–Kier alpha value is -2.86. The molecule has 0 unspecified atom stereocenters.